The first-order chi connectivity index (χ1) is 16.4. The summed E-state index contributed by atoms with van der Waals surface area (Å²) in [5.74, 6) is 1.10. The van der Waals surface area contributed by atoms with Gasteiger partial charge in [-0.05, 0) is 54.4 Å². The average Bonchev–Trinajstić information content (AvgIpc) is 3.31. The molecule has 4 aromatic rings. The van der Waals surface area contributed by atoms with E-state index >= 15 is 0 Å². The van der Waals surface area contributed by atoms with Crippen LogP contribution in [0.1, 0.15) is 15.9 Å². The van der Waals surface area contributed by atoms with Gasteiger partial charge in [-0.1, -0.05) is 30.3 Å². The molecule has 5 rings (SSSR count). The Balaban J connectivity index is 1.37. The molecule has 34 heavy (non-hydrogen) atoms. The highest BCUT2D eigenvalue weighted by Gasteiger charge is 2.17. The molecule has 8 nitrogen and oxygen atoms in total. The molecule has 1 aromatic heterocycles. The van der Waals surface area contributed by atoms with Crippen LogP contribution in [0.25, 0.3) is 22.2 Å². The van der Waals surface area contributed by atoms with Crippen LogP contribution in [0.4, 0.5) is 0 Å². The van der Waals surface area contributed by atoms with Crippen LogP contribution in [0.15, 0.2) is 77.7 Å². The van der Waals surface area contributed by atoms with Gasteiger partial charge in [-0.3, -0.25) is 4.79 Å². The number of carbonyl (C=O) groups is 1. The average molecular weight is 476 g/mol. The van der Waals surface area contributed by atoms with E-state index in [4.69, 9.17) is 19.6 Å². The van der Waals surface area contributed by atoms with Crippen molar-refractivity contribution in [1.29, 1.82) is 0 Å². The molecular weight excluding hydrogens is 454 g/mol. The largest absolute Gasteiger partial charge is 0.454 e. The first-order valence-electron chi connectivity index (χ1n) is 10.6. The van der Waals surface area contributed by atoms with Crippen molar-refractivity contribution in [3.63, 3.8) is 0 Å². The van der Waals surface area contributed by atoms with Gasteiger partial charge in [0, 0.05) is 17.5 Å². The van der Waals surface area contributed by atoms with Gasteiger partial charge in [0.1, 0.15) is 0 Å². The Morgan fingerprint density at radius 1 is 0.971 bits per heavy atom. The normalized spacial score (nSPS) is 12.6. The Kier molecular flexibility index (Phi) is 5.64. The molecule has 172 valence electrons. The lowest BCUT2D eigenvalue weighted by molar-refractivity contribution is 0.0955. The number of primary sulfonamides is 1. The summed E-state index contributed by atoms with van der Waals surface area (Å²) in [7, 11) is -3.73. The lowest BCUT2D eigenvalue weighted by atomic mass is 10.0. The van der Waals surface area contributed by atoms with Crippen molar-refractivity contribution in [3.8, 4) is 22.8 Å². The van der Waals surface area contributed by atoms with E-state index in [0.29, 0.717) is 41.2 Å². The molecule has 0 fully saturated rings. The lowest BCUT2D eigenvalue weighted by Crippen LogP contribution is -2.26. The summed E-state index contributed by atoms with van der Waals surface area (Å²) in [4.78, 5) is 17.9. The third kappa shape index (κ3) is 4.43. The van der Waals surface area contributed by atoms with Crippen LogP contribution in [-0.4, -0.2) is 32.6 Å². The molecule has 0 aliphatic carbocycles. The van der Waals surface area contributed by atoms with E-state index in [1.807, 2.05) is 42.5 Å². The van der Waals surface area contributed by atoms with Crippen molar-refractivity contribution >= 4 is 26.8 Å². The van der Waals surface area contributed by atoms with Crippen molar-refractivity contribution in [1.82, 2.24) is 10.3 Å². The van der Waals surface area contributed by atoms with Gasteiger partial charge in [0.2, 0.25) is 16.8 Å². The van der Waals surface area contributed by atoms with Gasteiger partial charge < -0.3 is 14.8 Å². The number of ether oxygens (including phenoxy) is 2. The second kappa shape index (κ2) is 8.77. The summed E-state index contributed by atoms with van der Waals surface area (Å²) in [5.41, 5.74) is 3.58. The Morgan fingerprint density at radius 2 is 1.74 bits per heavy atom. The second-order valence-electron chi connectivity index (χ2n) is 7.84. The second-order valence-corrected chi connectivity index (χ2v) is 9.40. The Labute approximate surface area is 196 Å². The zero-order valence-electron chi connectivity index (χ0n) is 18.0. The zero-order chi connectivity index (χ0) is 23.7. The summed E-state index contributed by atoms with van der Waals surface area (Å²) >= 11 is 0. The van der Waals surface area contributed by atoms with Gasteiger partial charge in [0.05, 0.1) is 21.7 Å². The van der Waals surface area contributed by atoms with Crippen molar-refractivity contribution in [3.05, 3.63) is 83.9 Å². The Bertz CT molecular complexity index is 1500. The number of nitrogens with zero attached hydrogens (tertiary/aromatic N) is 1. The van der Waals surface area contributed by atoms with Crippen LogP contribution < -0.4 is 19.9 Å². The fourth-order valence-electron chi connectivity index (χ4n) is 3.83. The molecule has 1 aliphatic heterocycles. The quantitative estimate of drug-likeness (QED) is 0.442. The molecular formula is C25H21N3O5S. The monoisotopic (exact) mass is 475 g/mol. The Hall–Kier alpha value is -3.95. The molecule has 0 atom stereocenters. The molecule has 1 aliphatic rings. The van der Waals surface area contributed by atoms with E-state index in [2.05, 4.69) is 5.32 Å². The highest BCUT2D eigenvalue weighted by Crippen LogP contribution is 2.36. The minimum atomic E-state index is -3.73. The van der Waals surface area contributed by atoms with Crippen LogP contribution in [-0.2, 0) is 16.4 Å². The molecule has 2 heterocycles. The van der Waals surface area contributed by atoms with Crippen molar-refractivity contribution in [2.45, 2.75) is 11.3 Å². The summed E-state index contributed by atoms with van der Waals surface area (Å²) in [6, 6.07) is 21.1. The number of pyridine rings is 1. The van der Waals surface area contributed by atoms with Gasteiger partial charge in [0.15, 0.2) is 11.5 Å². The number of hydrogen-bond acceptors (Lipinski definition) is 6. The maximum atomic E-state index is 13.1. The fourth-order valence-corrected chi connectivity index (χ4v) is 4.34. The molecule has 3 aromatic carbocycles. The van der Waals surface area contributed by atoms with E-state index in [-0.39, 0.29) is 17.6 Å². The predicted octanol–water partition coefficient (Wildman–Crippen LogP) is 3.25. The van der Waals surface area contributed by atoms with Gasteiger partial charge in [0.25, 0.3) is 5.91 Å². The molecule has 1 amide bonds. The number of sulfonamides is 1. The van der Waals surface area contributed by atoms with E-state index in [9.17, 15) is 13.2 Å². The maximum Gasteiger partial charge on any atom is 0.252 e. The van der Waals surface area contributed by atoms with Gasteiger partial charge in [-0.25, -0.2) is 18.5 Å². The standard InChI is InChI=1S/C25H21N3O5S/c26-34(30,31)18-8-5-16(6-9-18)11-12-27-25(29)20-14-22(28-21-4-2-1-3-19(20)21)17-7-10-23-24(13-17)33-15-32-23/h1-10,13-14H,11-12,15H2,(H,27,29)(H2,26,30,31). The van der Waals surface area contributed by atoms with Crippen molar-refractivity contribution in [2.24, 2.45) is 5.14 Å². The molecule has 0 bridgehead atoms. The third-order valence-corrected chi connectivity index (χ3v) is 6.51. The minimum absolute atomic E-state index is 0.0552. The summed E-state index contributed by atoms with van der Waals surface area (Å²) < 4.78 is 33.7. The SMILES string of the molecule is NS(=O)(=O)c1ccc(CCNC(=O)c2cc(-c3ccc4c(c3)OCO4)nc3ccccc23)cc1. The van der Waals surface area contributed by atoms with Crippen molar-refractivity contribution in [2.75, 3.05) is 13.3 Å². The first-order valence-corrected chi connectivity index (χ1v) is 12.1. The molecule has 0 unspecified atom stereocenters. The first kappa shape index (κ1) is 21.9. The number of rotatable bonds is 6. The number of hydrogen-bond donors (Lipinski definition) is 2. The van der Waals surface area contributed by atoms with Crippen LogP contribution in [0.5, 0.6) is 11.5 Å². The lowest BCUT2D eigenvalue weighted by Gasteiger charge is -2.11. The number of para-hydroxylation sites is 1. The number of nitrogens with one attached hydrogen (secondary N) is 1. The number of aromatic nitrogens is 1. The van der Waals surface area contributed by atoms with E-state index in [1.54, 1.807) is 18.2 Å². The zero-order valence-corrected chi connectivity index (χ0v) is 18.8. The highest BCUT2D eigenvalue weighted by atomic mass is 32.2. The molecule has 0 saturated heterocycles. The summed E-state index contributed by atoms with van der Waals surface area (Å²) in [6.07, 6.45) is 0.536. The van der Waals surface area contributed by atoms with Crippen LogP contribution in [0.3, 0.4) is 0 Å². The maximum absolute atomic E-state index is 13.1. The van der Waals surface area contributed by atoms with E-state index in [1.165, 1.54) is 12.1 Å². The highest BCUT2D eigenvalue weighted by molar-refractivity contribution is 7.89. The molecule has 9 heteroatoms. The molecule has 0 radical (unpaired) electrons. The number of carbonyl (C=O) groups excluding carboxylic acids is 1. The van der Waals surface area contributed by atoms with Crippen LogP contribution in [0.2, 0.25) is 0 Å². The van der Waals surface area contributed by atoms with Crippen LogP contribution >= 0.6 is 0 Å². The van der Waals surface area contributed by atoms with E-state index < -0.39 is 10.0 Å². The van der Waals surface area contributed by atoms with E-state index in [0.717, 1.165) is 16.5 Å². The number of benzene rings is 3. The van der Waals surface area contributed by atoms with Gasteiger partial charge in [-0.2, -0.15) is 0 Å². The van der Waals surface area contributed by atoms with Crippen LogP contribution in [0, 0.1) is 0 Å². The third-order valence-electron chi connectivity index (χ3n) is 5.58. The molecule has 3 N–H and O–H groups in total. The molecule has 0 spiro atoms. The number of amides is 1. The van der Waals surface area contributed by atoms with Gasteiger partial charge >= 0.3 is 0 Å². The predicted molar refractivity (Wildman–Crippen MR) is 127 cm³/mol. The number of nitrogens with two attached hydrogens (primary N) is 1. The van der Waals surface area contributed by atoms with Gasteiger partial charge in [-0.15, -0.1) is 0 Å². The fraction of sp³-hybridized carbons (Fsp3) is 0.120. The summed E-state index contributed by atoms with van der Waals surface area (Å²) in [5, 5.41) is 8.84. The Morgan fingerprint density at radius 3 is 2.53 bits per heavy atom. The van der Waals surface area contributed by atoms with Crippen molar-refractivity contribution < 1.29 is 22.7 Å². The molecule has 0 saturated carbocycles. The summed E-state index contributed by atoms with van der Waals surface area (Å²) in [6.45, 7) is 0.561. The smallest absolute Gasteiger partial charge is 0.252 e. The topological polar surface area (TPSA) is 121 Å². The minimum Gasteiger partial charge on any atom is -0.454 e. The number of fused-ring (bicyclic) bond motifs is 2.